The largest absolute Gasteiger partial charge is 0.308 e. The van der Waals surface area contributed by atoms with E-state index < -0.39 is 0 Å². The molecular weight excluding hydrogens is 701 g/mol. The minimum Gasteiger partial charge on any atom is -0.308 e. The van der Waals surface area contributed by atoms with E-state index in [2.05, 4.69) is 162 Å². The molecule has 0 bridgehead atoms. The molecule has 0 aliphatic heterocycles. The predicted octanol–water partition coefficient (Wildman–Crippen LogP) is 13.7. The van der Waals surface area contributed by atoms with Gasteiger partial charge in [0.15, 0.2) is 17.5 Å². The van der Waals surface area contributed by atoms with Gasteiger partial charge in [-0.2, -0.15) is 0 Å². The topological polar surface area (TPSA) is 43.6 Å². The monoisotopic (exact) mass is 732 g/mol. The second-order valence-corrected chi connectivity index (χ2v) is 15.1. The molecule has 3 aromatic heterocycles. The van der Waals surface area contributed by atoms with Crippen LogP contribution in [0.5, 0.6) is 0 Å². The van der Waals surface area contributed by atoms with Crippen LogP contribution in [-0.4, -0.2) is 19.5 Å². The molecular formula is C51H32N4S. The van der Waals surface area contributed by atoms with E-state index in [0.717, 1.165) is 50.1 Å². The van der Waals surface area contributed by atoms with Gasteiger partial charge in [0.2, 0.25) is 0 Å². The van der Waals surface area contributed by atoms with Gasteiger partial charge in [-0.1, -0.05) is 158 Å². The van der Waals surface area contributed by atoms with Crippen LogP contribution in [0.1, 0.15) is 0 Å². The van der Waals surface area contributed by atoms with E-state index in [-0.39, 0.29) is 0 Å². The Morgan fingerprint density at radius 1 is 0.321 bits per heavy atom. The van der Waals surface area contributed by atoms with E-state index in [1.165, 1.54) is 36.5 Å². The van der Waals surface area contributed by atoms with Crippen molar-refractivity contribution < 1.29 is 0 Å². The van der Waals surface area contributed by atoms with Crippen molar-refractivity contribution in [2.45, 2.75) is 0 Å². The molecule has 0 N–H and O–H groups in total. The molecule has 0 unspecified atom stereocenters. The van der Waals surface area contributed by atoms with Crippen LogP contribution in [0.15, 0.2) is 194 Å². The van der Waals surface area contributed by atoms with E-state index in [1.807, 2.05) is 47.7 Å². The maximum atomic E-state index is 5.28. The second kappa shape index (κ2) is 13.3. The van der Waals surface area contributed by atoms with E-state index in [9.17, 15) is 0 Å². The van der Waals surface area contributed by atoms with Crippen LogP contribution in [0.2, 0.25) is 0 Å². The third kappa shape index (κ3) is 5.48. The van der Waals surface area contributed by atoms with Crippen molar-refractivity contribution in [3.8, 4) is 62.1 Å². The lowest BCUT2D eigenvalue weighted by Crippen LogP contribution is -2.04. The van der Waals surface area contributed by atoms with Crippen LogP contribution in [0.25, 0.3) is 104 Å². The first-order chi connectivity index (χ1) is 27.7. The Morgan fingerprint density at radius 2 is 0.821 bits per heavy atom. The van der Waals surface area contributed by atoms with Gasteiger partial charge in [-0.25, -0.2) is 15.0 Å². The zero-order chi connectivity index (χ0) is 37.0. The van der Waals surface area contributed by atoms with Gasteiger partial charge in [0.05, 0.1) is 16.7 Å². The van der Waals surface area contributed by atoms with Crippen LogP contribution in [0.3, 0.4) is 0 Å². The minimum atomic E-state index is 0.614. The first-order valence-corrected chi connectivity index (χ1v) is 19.6. The fraction of sp³-hybridized carbons (Fsp3) is 0. The fourth-order valence-corrected chi connectivity index (χ4v) is 9.11. The number of benzene rings is 8. The quantitative estimate of drug-likeness (QED) is 0.171. The van der Waals surface area contributed by atoms with Gasteiger partial charge < -0.3 is 4.57 Å². The molecule has 56 heavy (non-hydrogen) atoms. The second-order valence-electron chi connectivity index (χ2n) is 14.0. The minimum absolute atomic E-state index is 0.614. The van der Waals surface area contributed by atoms with Crippen molar-refractivity contribution in [3.63, 3.8) is 0 Å². The molecule has 0 radical (unpaired) electrons. The summed E-state index contributed by atoms with van der Waals surface area (Å²) in [5, 5.41) is 4.96. The Morgan fingerprint density at radius 3 is 1.54 bits per heavy atom. The summed E-state index contributed by atoms with van der Waals surface area (Å²) in [6.07, 6.45) is 0. The number of hydrogen-bond acceptors (Lipinski definition) is 4. The molecule has 0 aliphatic carbocycles. The van der Waals surface area contributed by atoms with Gasteiger partial charge in [0, 0.05) is 47.6 Å². The Labute approximate surface area is 327 Å². The standard InChI is InChI=1S/C51H32N4S/c1-4-14-33(15-5-1)37-24-27-40-39-20-10-12-22-44(39)55(46(40)31-37)45-29-26-36(38-25-28-42-41-21-11-13-23-47(41)56-48(42)32-38)30-43(45)51-53-49(34-16-6-2-7-17-34)52-50(54-51)35-18-8-3-9-19-35/h1-32H. The van der Waals surface area contributed by atoms with Gasteiger partial charge in [-0.15, -0.1) is 11.3 Å². The summed E-state index contributed by atoms with van der Waals surface area (Å²) < 4.78 is 4.95. The highest BCUT2D eigenvalue weighted by atomic mass is 32.1. The number of aromatic nitrogens is 4. The van der Waals surface area contributed by atoms with Crippen LogP contribution in [0.4, 0.5) is 0 Å². The smallest absolute Gasteiger partial charge is 0.166 e. The Bertz CT molecular complexity index is 3180. The molecule has 0 atom stereocenters. The third-order valence-electron chi connectivity index (χ3n) is 10.7. The average molecular weight is 733 g/mol. The SMILES string of the molecule is c1ccc(-c2ccc3c4ccccc4n(-c4ccc(-c5ccc6c(c5)sc5ccccc56)cc4-c4nc(-c5ccccc5)nc(-c5ccccc5)n4)c3c2)cc1. The summed E-state index contributed by atoms with van der Waals surface area (Å²) in [4.78, 5) is 15.6. The summed E-state index contributed by atoms with van der Waals surface area (Å²) in [6, 6.07) is 68.7. The van der Waals surface area contributed by atoms with E-state index in [1.54, 1.807) is 0 Å². The summed E-state index contributed by atoms with van der Waals surface area (Å²) in [5.74, 6) is 1.87. The molecule has 0 saturated carbocycles. The highest BCUT2D eigenvalue weighted by Crippen LogP contribution is 2.41. The maximum Gasteiger partial charge on any atom is 0.166 e. The molecule has 0 aliphatic rings. The number of fused-ring (bicyclic) bond motifs is 6. The highest BCUT2D eigenvalue weighted by molar-refractivity contribution is 7.25. The van der Waals surface area contributed by atoms with Crippen LogP contribution >= 0.6 is 11.3 Å². The van der Waals surface area contributed by atoms with Crippen LogP contribution in [0, 0.1) is 0 Å². The van der Waals surface area contributed by atoms with Crippen molar-refractivity contribution >= 4 is 53.3 Å². The number of nitrogens with zero attached hydrogens (tertiary/aromatic N) is 4. The first-order valence-electron chi connectivity index (χ1n) is 18.8. The van der Waals surface area contributed by atoms with Gasteiger partial charge >= 0.3 is 0 Å². The lowest BCUT2D eigenvalue weighted by atomic mass is 9.99. The fourth-order valence-electron chi connectivity index (χ4n) is 7.96. The predicted molar refractivity (Wildman–Crippen MR) is 234 cm³/mol. The Hall–Kier alpha value is -7.21. The van der Waals surface area contributed by atoms with Crippen LogP contribution in [-0.2, 0) is 0 Å². The molecule has 4 nitrogen and oxygen atoms in total. The lowest BCUT2D eigenvalue weighted by molar-refractivity contribution is 1.06. The number of rotatable bonds is 6. The summed E-state index contributed by atoms with van der Waals surface area (Å²) in [6.45, 7) is 0. The van der Waals surface area contributed by atoms with Crippen LogP contribution < -0.4 is 0 Å². The van der Waals surface area contributed by atoms with E-state index in [0.29, 0.717) is 17.5 Å². The molecule has 11 aromatic rings. The maximum absolute atomic E-state index is 5.28. The lowest BCUT2D eigenvalue weighted by Gasteiger charge is -2.17. The summed E-state index contributed by atoms with van der Waals surface area (Å²) in [7, 11) is 0. The van der Waals surface area contributed by atoms with Crippen molar-refractivity contribution in [1.82, 2.24) is 19.5 Å². The Kier molecular flexibility index (Phi) is 7.64. The van der Waals surface area contributed by atoms with Gasteiger partial charge in [0.1, 0.15) is 0 Å². The number of hydrogen-bond donors (Lipinski definition) is 0. The van der Waals surface area contributed by atoms with Crippen molar-refractivity contribution in [3.05, 3.63) is 194 Å². The molecule has 5 heteroatoms. The van der Waals surface area contributed by atoms with Crippen molar-refractivity contribution in [2.24, 2.45) is 0 Å². The third-order valence-corrected chi connectivity index (χ3v) is 11.8. The number of para-hydroxylation sites is 1. The van der Waals surface area contributed by atoms with Gasteiger partial charge in [-0.05, 0) is 58.7 Å². The van der Waals surface area contributed by atoms with E-state index >= 15 is 0 Å². The van der Waals surface area contributed by atoms with Gasteiger partial charge in [0.25, 0.3) is 0 Å². The molecule has 0 fully saturated rings. The van der Waals surface area contributed by atoms with Crippen molar-refractivity contribution in [1.29, 1.82) is 0 Å². The molecule has 0 amide bonds. The molecule has 3 heterocycles. The summed E-state index contributed by atoms with van der Waals surface area (Å²) in [5.41, 5.74) is 10.6. The highest BCUT2D eigenvalue weighted by Gasteiger charge is 2.21. The molecule has 0 saturated heterocycles. The average Bonchev–Trinajstić information content (AvgIpc) is 3.82. The van der Waals surface area contributed by atoms with Crippen molar-refractivity contribution in [2.75, 3.05) is 0 Å². The Balaban J connectivity index is 1.20. The first kappa shape index (κ1) is 32.2. The molecule has 0 spiro atoms. The molecule has 11 rings (SSSR count). The van der Waals surface area contributed by atoms with Gasteiger partial charge in [-0.3, -0.25) is 0 Å². The zero-order valence-corrected chi connectivity index (χ0v) is 31.0. The zero-order valence-electron chi connectivity index (χ0n) is 30.2. The summed E-state index contributed by atoms with van der Waals surface area (Å²) >= 11 is 1.84. The molecule has 262 valence electrons. The number of thiophene rings is 1. The normalized spacial score (nSPS) is 11.6. The van der Waals surface area contributed by atoms with E-state index in [4.69, 9.17) is 15.0 Å². The molecule has 8 aromatic carbocycles.